The van der Waals surface area contributed by atoms with E-state index in [1.165, 1.54) is 44.7 Å². The summed E-state index contributed by atoms with van der Waals surface area (Å²) in [5.41, 5.74) is 9.44. The topological polar surface area (TPSA) is 117 Å². The van der Waals surface area contributed by atoms with E-state index < -0.39 is 5.91 Å². The number of carbonyl (C=O) groups excluding carboxylic acids is 1. The number of nitrogens with two attached hydrogens (primary N) is 1. The highest BCUT2D eigenvalue weighted by atomic mass is 16.5. The van der Waals surface area contributed by atoms with Gasteiger partial charge in [-0.05, 0) is 63.1 Å². The number of ether oxygens (including phenoxy) is 1. The maximum Gasteiger partial charge on any atom is 0.271 e. The number of piperidine rings is 1. The summed E-state index contributed by atoms with van der Waals surface area (Å²) in [6.07, 6.45) is 8.05. The first kappa shape index (κ1) is 28.4. The second-order valence-corrected chi connectivity index (χ2v) is 11.8. The smallest absolute Gasteiger partial charge is 0.271 e. The van der Waals surface area contributed by atoms with Crippen LogP contribution in [0.2, 0.25) is 0 Å². The molecule has 224 valence electrons. The number of nitrogens with zero attached hydrogens (tertiary/aromatic N) is 6. The molecule has 0 spiro atoms. The molecule has 3 saturated heterocycles. The van der Waals surface area contributed by atoms with E-state index in [9.17, 15) is 4.79 Å². The SMILES string of the molecule is CN1CCN(C2CCN(c3ccc(Nc4nc(NC5CCOCC5)c(-c5ccn(C)c5)nc4C(N)=O)cc3)CC2)CC1. The van der Waals surface area contributed by atoms with Gasteiger partial charge in [-0.3, -0.25) is 9.69 Å². The zero-order valence-corrected chi connectivity index (χ0v) is 24.8. The molecule has 0 saturated carbocycles. The fraction of sp³-hybridized carbons (Fsp3) is 0.516. The van der Waals surface area contributed by atoms with Crippen LogP contribution < -0.4 is 21.3 Å². The molecule has 3 aliphatic rings. The lowest BCUT2D eigenvalue weighted by molar-refractivity contribution is 0.0904. The minimum atomic E-state index is -0.625. The molecule has 3 aliphatic heterocycles. The van der Waals surface area contributed by atoms with Gasteiger partial charge in [0.2, 0.25) is 0 Å². The lowest BCUT2D eigenvalue weighted by Crippen LogP contribution is -2.52. The second-order valence-electron chi connectivity index (χ2n) is 11.8. The summed E-state index contributed by atoms with van der Waals surface area (Å²) >= 11 is 0. The van der Waals surface area contributed by atoms with Crippen LogP contribution in [0.3, 0.4) is 0 Å². The molecular formula is C31H43N9O2. The largest absolute Gasteiger partial charge is 0.381 e. The van der Waals surface area contributed by atoms with Gasteiger partial charge in [-0.25, -0.2) is 9.97 Å². The fourth-order valence-electron chi connectivity index (χ4n) is 6.24. The van der Waals surface area contributed by atoms with Gasteiger partial charge in [0.05, 0.1) is 0 Å². The zero-order valence-electron chi connectivity index (χ0n) is 24.8. The molecule has 4 N–H and O–H groups in total. The van der Waals surface area contributed by atoms with Crippen molar-refractivity contribution in [2.24, 2.45) is 12.8 Å². The van der Waals surface area contributed by atoms with E-state index in [4.69, 9.17) is 20.4 Å². The summed E-state index contributed by atoms with van der Waals surface area (Å²) in [5.74, 6) is 0.345. The van der Waals surface area contributed by atoms with Crippen LogP contribution >= 0.6 is 0 Å². The molecule has 0 bridgehead atoms. The van der Waals surface area contributed by atoms with E-state index >= 15 is 0 Å². The van der Waals surface area contributed by atoms with Crippen molar-refractivity contribution in [2.75, 3.05) is 75.1 Å². The number of amides is 1. The van der Waals surface area contributed by atoms with Gasteiger partial charge >= 0.3 is 0 Å². The normalized spacial score (nSPS) is 19.6. The van der Waals surface area contributed by atoms with E-state index in [1.54, 1.807) is 0 Å². The van der Waals surface area contributed by atoms with E-state index in [-0.39, 0.29) is 11.7 Å². The Kier molecular flexibility index (Phi) is 8.59. The predicted octanol–water partition coefficient (Wildman–Crippen LogP) is 3.13. The first-order valence-electron chi connectivity index (χ1n) is 15.2. The summed E-state index contributed by atoms with van der Waals surface area (Å²) in [6.45, 7) is 8.21. The minimum absolute atomic E-state index is 0.112. The highest BCUT2D eigenvalue weighted by Gasteiger charge is 2.27. The molecule has 3 fully saturated rings. The number of aryl methyl sites for hydroxylation is 1. The number of hydrogen-bond donors (Lipinski definition) is 3. The van der Waals surface area contributed by atoms with Crippen LogP contribution in [0.15, 0.2) is 42.7 Å². The van der Waals surface area contributed by atoms with Crippen molar-refractivity contribution in [3.63, 3.8) is 0 Å². The Balaban J connectivity index is 1.18. The number of hydrogen-bond acceptors (Lipinski definition) is 9. The Morgan fingerprint density at radius 2 is 1.62 bits per heavy atom. The number of anilines is 4. The Hall–Kier alpha value is -3.67. The molecule has 2 aromatic heterocycles. The van der Waals surface area contributed by atoms with Gasteiger partial charge in [-0.15, -0.1) is 0 Å². The van der Waals surface area contributed by atoms with Crippen molar-refractivity contribution in [3.8, 4) is 11.3 Å². The number of primary amides is 1. The fourth-order valence-corrected chi connectivity index (χ4v) is 6.24. The number of rotatable bonds is 8. The highest BCUT2D eigenvalue weighted by Crippen LogP contribution is 2.31. The van der Waals surface area contributed by atoms with Crippen molar-refractivity contribution < 1.29 is 9.53 Å². The summed E-state index contributed by atoms with van der Waals surface area (Å²) in [5, 5.41) is 6.89. The second kappa shape index (κ2) is 12.7. The molecule has 0 unspecified atom stereocenters. The summed E-state index contributed by atoms with van der Waals surface area (Å²) < 4.78 is 7.48. The molecule has 0 aliphatic carbocycles. The van der Waals surface area contributed by atoms with Gasteiger partial charge in [-0.1, -0.05) is 0 Å². The number of benzene rings is 1. The van der Waals surface area contributed by atoms with Crippen molar-refractivity contribution in [1.82, 2.24) is 24.3 Å². The van der Waals surface area contributed by atoms with Crippen LogP contribution in [0.1, 0.15) is 36.2 Å². The van der Waals surface area contributed by atoms with E-state index in [2.05, 4.69) is 44.5 Å². The van der Waals surface area contributed by atoms with Crippen molar-refractivity contribution >= 4 is 28.9 Å². The summed E-state index contributed by atoms with van der Waals surface area (Å²) in [6, 6.07) is 11.2. The molecule has 0 atom stereocenters. The van der Waals surface area contributed by atoms with Gasteiger partial charge < -0.3 is 35.5 Å². The van der Waals surface area contributed by atoms with Crippen LogP contribution in [0.25, 0.3) is 11.3 Å². The lowest BCUT2D eigenvalue weighted by atomic mass is 10.0. The maximum absolute atomic E-state index is 12.5. The van der Waals surface area contributed by atoms with Gasteiger partial charge in [0, 0.05) is 101 Å². The molecule has 11 nitrogen and oxygen atoms in total. The minimum Gasteiger partial charge on any atom is -0.381 e. The lowest BCUT2D eigenvalue weighted by Gasteiger charge is -2.42. The molecular weight excluding hydrogens is 530 g/mol. The Labute approximate surface area is 248 Å². The average Bonchev–Trinajstić information content (AvgIpc) is 3.44. The summed E-state index contributed by atoms with van der Waals surface area (Å²) in [4.78, 5) is 29.7. The van der Waals surface area contributed by atoms with Crippen LogP contribution in [-0.2, 0) is 11.8 Å². The van der Waals surface area contributed by atoms with Gasteiger partial charge in [0.1, 0.15) is 5.69 Å². The predicted molar refractivity (Wildman–Crippen MR) is 166 cm³/mol. The van der Waals surface area contributed by atoms with Crippen molar-refractivity contribution in [2.45, 2.75) is 37.8 Å². The monoisotopic (exact) mass is 573 g/mol. The van der Waals surface area contributed by atoms with Crippen LogP contribution in [0.4, 0.5) is 23.0 Å². The molecule has 3 aromatic rings. The third-order valence-corrected chi connectivity index (χ3v) is 8.81. The Bertz CT molecular complexity index is 1350. The third-order valence-electron chi connectivity index (χ3n) is 8.81. The number of piperazine rings is 1. The average molecular weight is 574 g/mol. The van der Waals surface area contributed by atoms with Crippen LogP contribution in [0, 0.1) is 0 Å². The standard InChI is InChI=1S/C31H43N9O2/c1-37-15-17-40(18-16-37)26-8-13-39(14-9-26)25-5-3-23(4-6-25)33-31-28(29(32)41)35-27(22-7-12-38(2)21-22)30(36-31)34-24-10-19-42-20-11-24/h3-7,12,21,24,26H,8-11,13-20H2,1-2H3,(H2,32,41)(H2,33,34,36). The number of aromatic nitrogens is 3. The molecule has 42 heavy (non-hydrogen) atoms. The number of nitrogens with one attached hydrogen (secondary N) is 2. The van der Waals surface area contributed by atoms with E-state index in [1.807, 2.05) is 42.2 Å². The van der Waals surface area contributed by atoms with E-state index in [0.717, 1.165) is 37.2 Å². The Morgan fingerprint density at radius 3 is 2.26 bits per heavy atom. The van der Waals surface area contributed by atoms with E-state index in [0.29, 0.717) is 36.6 Å². The zero-order chi connectivity index (χ0) is 29.1. The quantitative estimate of drug-likeness (QED) is 0.374. The van der Waals surface area contributed by atoms with Crippen molar-refractivity contribution in [1.29, 1.82) is 0 Å². The highest BCUT2D eigenvalue weighted by molar-refractivity contribution is 5.97. The first-order chi connectivity index (χ1) is 20.4. The molecule has 1 amide bonds. The maximum atomic E-state index is 12.5. The Morgan fingerprint density at radius 1 is 0.905 bits per heavy atom. The van der Waals surface area contributed by atoms with Crippen LogP contribution in [0.5, 0.6) is 0 Å². The summed E-state index contributed by atoms with van der Waals surface area (Å²) in [7, 11) is 4.16. The van der Waals surface area contributed by atoms with Gasteiger partial charge in [-0.2, -0.15) is 0 Å². The van der Waals surface area contributed by atoms with Gasteiger partial charge in [0.25, 0.3) is 5.91 Å². The van der Waals surface area contributed by atoms with Crippen molar-refractivity contribution in [3.05, 3.63) is 48.4 Å². The van der Waals surface area contributed by atoms with Crippen LogP contribution in [-0.4, -0.2) is 102 Å². The van der Waals surface area contributed by atoms with Gasteiger partial charge in [0.15, 0.2) is 17.3 Å². The third kappa shape index (κ3) is 6.53. The molecule has 5 heterocycles. The molecule has 0 radical (unpaired) electrons. The molecule has 1 aromatic carbocycles. The number of likely N-dealkylation sites (N-methyl/N-ethyl adjacent to an activating group) is 1. The molecule has 11 heteroatoms. The first-order valence-corrected chi connectivity index (χ1v) is 15.2. The number of carbonyl (C=O) groups is 1. The molecule has 6 rings (SSSR count).